The molecule has 1 aromatic rings. The number of nitrogens with two attached hydrogens (primary N) is 1. The molecule has 76 valence electrons. The summed E-state index contributed by atoms with van der Waals surface area (Å²) in [4.78, 5) is 0. The van der Waals surface area contributed by atoms with Gasteiger partial charge in [-0.3, -0.25) is 0 Å². The number of benzene rings is 1. The Morgan fingerprint density at radius 3 is 2.50 bits per heavy atom. The van der Waals surface area contributed by atoms with Gasteiger partial charge in [-0.2, -0.15) is 0 Å². The monoisotopic (exact) mass is 189 g/mol. The molecule has 0 saturated carbocycles. The van der Waals surface area contributed by atoms with Crippen LogP contribution in [0.2, 0.25) is 0 Å². The molecular formula is C13H19N. The molecule has 14 heavy (non-hydrogen) atoms. The van der Waals surface area contributed by atoms with Crippen molar-refractivity contribution in [2.24, 2.45) is 5.73 Å². The van der Waals surface area contributed by atoms with E-state index >= 15 is 0 Å². The molecule has 2 N–H and O–H groups in total. The Balaban J connectivity index is 2.76. The minimum atomic E-state index is 0.768. The maximum absolute atomic E-state index is 5.55. The Morgan fingerprint density at radius 2 is 1.93 bits per heavy atom. The molecule has 0 fully saturated rings. The number of rotatable bonds is 4. The van der Waals surface area contributed by atoms with Gasteiger partial charge in [-0.1, -0.05) is 37.3 Å². The van der Waals surface area contributed by atoms with Gasteiger partial charge in [0.1, 0.15) is 0 Å². The quantitative estimate of drug-likeness (QED) is 0.774. The van der Waals surface area contributed by atoms with Crippen LogP contribution in [0.15, 0.2) is 30.5 Å². The number of allylic oxidation sites excluding steroid dienone is 1. The normalized spacial score (nSPS) is 10.1. The molecule has 1 nitrogen and oxygen atoms in total. The summed E-state index contributed by atoms with van der Waals surface area (Å²) in [5.74, 6) is 0. The van der Waals surface area contributed by atoms with Crippen LogP contribution in [0.3, 0.4) is 0 Å². The van der Waals surface area contributed by atoms with Gasteiger partial charge in [0.25, 0.3) is 0 Å². The van der Waals surface area contributed by atoms with Gasteiger partial charge >= 0.3 is 0 Å². The molecule has 0 aliphatic rings. The zero-order valence-electron chi connectivity index (χ0n) is 9.14. The van der Waals surface area contributed by atoms with Crippen molar-refractivity contribution < 1.29 is 0 Å². The smallest absolute Gasteiger partial charge is 0.00108 e. The minimum Gasteiger partial charge on any atom is -0.403 e. The van der Waals surface area contributed by atoms with Gasteiger partial charge in [0, 0.05) is 5.70 Å². The first kappa shape index (κ1) is 10.8. The van der Waals surface area contributed by atoms with Crippen LogP contribution in [0.4, 0.5) is 0 Å². The molecule has 0 atom stereocenters. The van der Waals surface area contributed by atoms with Crippen molar-refractivity contribution in [3.8, 4) is 0 Å². The highest BCUT2D eigenvalue weighted by Crippen LogP contribution is 2.12. The van der Waals surface area contributed by atoms with Crippen LogP contribution in [-0.4, -0.2) is 0 Å². The lowest BCUT2D eigenvalue weighted by Gasteiger charge is -2.06. The molecule has 0 unspecified atom stereocenters. The third-order valence-electron chi connectivity index (χ3n) is 2.34. The van der Waals surface area contributed by atoms with Crippen LogP contribution in [0.5, 0.6) is 0 Å². The molecule has 1 aromatic carbocycles. The number of hydrogen-bond donors (Lipinski definition) is 1. The van der Waals surface area contributed by atoms with Crippen molar-refractivity contribution >= 4 is 0 Å². The molecule has 0 amide bonds. The lowest BCUT2D eigenvalue weighted by molar-refractivity contribution is 0.924. The van der Waals surface area contributed by atoms with Crippen LogP contribution in [0.1, 0.15) is 30.0 Å². The molecule has 0 heterocycles. The first-order valence-corrected chi connectivity index (χ1v) is 5.14. The van der Waals surface area contributed by atoms with E-state index in [1.807, 2.05) is 0 Å². The maximum Gasteiger partial charge on any atom is 0.00108 e. The van der Waals surface area contributed by atoms with Crippen molar-refractivity contribution in [2.45, 2.75) is 33.1 Å². The first-order chi connectivity index (χ1) is 6.61. The molecular weight excluding hydrogens is 170 g/mol. The Kier molecular flexibility index (Phi) is 3.75. The van der Waals surface area contributed by atoms with Crippen molar-refractivity contribution in [3.05, 3.63) is 47.2 Å². The Bertz CT molecular complexity index is 326. The van der Waals surface area contributed by atoms with Crippen molar-refractivity contribution in [1.29, 1.82) is 0 Å². The SMILES string of the molecule is C=C(N)CCc1cc(C)cc(CC)c1. The highest BCUT2D eigenvalue weighted by molar-refractivity contribution is 5.29. The second-order valence-corrected chi connectivity index (χ2v) is 3.84. The van der Waals surface area contributed by atoms with E-state index in [1.165, 1.54) is 16.7 Å². The average Bonchev–Trinajstić information content (AvgIpc) is 2.14. The summed E-state index contributed by atoms with van der Waals surface area (Å²) >= 11 is 0. The van der Waals surface area contributed by atoms with Crippen molar-refractivity contribution in [2.75, 3.05) is 0 Å². The zero-order chi connectivity index (χ0) is 10.6. The Labute approximate surface area is 86.6 Å². The van der Waals surface area contributed by atoms with Gasteiger partial charge in [-0.25, -0.2) is 0 Å². The van der Waals surface area contributed by atoms with Crippen LogP contribution < -0.4 is 5.73 Å². The van der Waals surface area contributed by atoms with E-state index in [2.05, 4.69) is 38.6 Å². The summed E-state index contributed by atoms with van der Waals surface area (Å²) in [6.07, 6.45) is 2.98. The summed E-state index contributed by atoms with van der Waals surface area (Å²) in [5, 5.41) is 0. The van der Waals surface area contributed by atoms with Gasteiger partial charge in [0.15, 0.2) is 0 Å². The molecule has 0 bridgehead atoms. The Morgan fingerprint density at radius 1 is 1.29 bits per heavy atom. The predicted octanol–water partition coefficient (Wildman–Crippen LogP) is 2.96. The fourth-order valence-corrected chi connectivity index (χ4v) is 1.60. The summed E-state index contributed by atoms with van der Waals surface area (Å²) in [6.45, 7) is 8.03. The highest BCUT2D eigenvalue weighted by Gasteiger charge is 1.98. The second-order valence-electron chi connectivity index (χ2n) is 3.84. The lowest BCUT2D eigenvalue weighted by atomic mass is 10.0. The fourth-order valence-electron chi connectivity index (χ4n) is 1.60. The van der Waals surface area contributed by atoms with Crippen LogP contribution >= 0.6 is 0 Å². The third kappa shape index (κ3) is 3.25. The van der Waals surface area contributed by atoms with Gasteiger partial charge in [0.05, 0.1) is 0 Å². The van der Waals surface area contributed by atoms with Gasteiger partial charge in [0.2, 0.25) is 0 Å². The summed E-state index contributed by atoms with van der Waals surface area (Å²) < 4.78 is 0. The molecule has 0 aliphatic heterocycles. The second kappa shape index (κ2) is 4.85. The van der Waals surface area contributed by atoms with E-state index < -0.39 is 0 Å². The maximum atomic E-state index is 5.55. The third-order valence-corrected chi connectivity index (χ3v) is 2.34. The highest BCUT2D eigenvalue weighted by atomic mass is 14.5. The summed E-state index contributed by atoms with van der Waals surface area (Å²) in [6, 6.07) is 6.72. The van der Waals surface area contributed by atoms with E-state index in [0.717, 1.165) is 25.0 Å². The number of hydrogen-bond acceptors (Lipinski definition) is 1. The summed E-state index contributed by atoms with van der Waals surface area (Å²) in [5.41, 5.74) is 10.4. The van der Waals surface area contributed by atoms with Crippen molar-refractivity contribution in [1.82, 2.24) is 0 Å². The predicted molar refractivity (Wildman–Crippen MR) is 62.2 cm³/mol. The standard InChI is InChI=1S/C13H19N/c1-4-12-7-10(2)8-13(9-12)6-5-11(3)14/h7-9H,3-6,14H2,1-2H3. The van der Waals surface area contributed by atoms with Gasteiger partial charge in [-0.05, 0) is 37.3 Å². The van der Waals surface area contributed by atoms with Gasteiger partial charge < -0.3 is 5.73 Å². The van der Waals surface area contributed by atoms with E-state index in [4.69, 9.17) is 5.73 Å². The van der Waals surface area contributed by atoms with E-state index in [-0.39, 0.29) is 0 Å². The fraction of sp³-hybridized carbons (Fsp3) is 0.385. The van der Waals surface area contributed by atoms with Crippen molar-refractivity contribution in [3.63, 3.8) is 0 Å². The topological polar surface area (TPSA) is 26.0 Å². The lowest BCUT2D eigenvalue weighted by Crippen LogP contribution is -1.98. The van der Waals surface area contributed by atoms with Crippen LogP contribution in [0, 0.1) is 6.92 Å². The molecule has 0 aliphatic carbocycles. The molecule has 0 aromatic heterocycles. The molecule has 1 rings (SSSR count). The van der Waals surface area contributed by atoms with E-state index in [9.17, 15) is 0 Å². The van der Waals surface area contributed by atoms with E-state index in [0.29, 0.717) is 0 Å². The van der Waals surface area contributed by atoms with Gasteiger partial charge in [-0.15, -0.1) is 0 Å². The summed E-state index contributed by atoms with van der Waals surface area (Å²) in [7, 11) is 0. The minimum absolute atomic E-state index is 0.768. The molecule has 1 heteroatoms. The number of aryl methyl sites for hydroxylation is 3. The molecule has 0 saturated heterocycles. The Hall–Kier alpha value is -1.24. The average molecular weight is 189 g/mol. The van der Waals surface area contributed by atoms with Crippen LogP contribution in [0.25, 0.3) is 0 Å². The van der Waals surface area contributed by atoms with E-state index in [1.54, 1.807) is 0 Å². The molecule has 0 radical (unpaired) electrons. The molecule has 0 spiro atoms. The van der Waals surface area contributed by atoms with Crippen LogP contribution in [-0.2, 0) is 12.8 Å². The zero-order valence-corrected chi connectivity index (χ0v) is 9.14. The first-order valence-electron chi connectivity index (χ1n) is 5.14. The largest absolute Gasteiger partial charge is 0.403 e.